The molecule has 22 heavy (non-hydrogen) atoms. The van der Waals surface area contributed by atoms with Crippen LogP contribution in [0.2, 0.25) is 0 Å². The summed E-state index contributed by atoms with van der Waals surface area (Å²) in [6, 6.07) is 17.6. The summed E-state index contributed by atoms with van der Waals surface area (Å²) in [7, 11) is 0. The highest BCUT2D eigenvalue weighted by molar-refractivity contribution is 6.22. The maximum Gasteiger partial charge on any atom is 0.354 e. The van der Waals surface area contributed by atoms with E-state index in [1.807, 2.05) is 73.0 Å². The van der Waals surface area contributed by atoms with Crippen LogP contribution in [0.4, 0.5) is 0 Å². The van der Waals surface area contributed by atoms with E-state index < -0.39 is 5.72 Å². The van der Waals surface area contributed by atoms with E-state index in [-0.39, 0.29) is 17.7 Å². The van der Waals surface area contributed by atoms with Gasteiger partial charge in [0.1, 0.15) is 5.92 Å². The zero-order valence-electron chi connectivity index (χ0n) is 12.7. The van der Waals surface area contributed by atoms with Gasteiger partial charge in [0, 0.05) is 5.56 Å². The molecule has 2 aliphatic rings. The Morgan fingerprint density at radius 2 is 1.68 bits per heavy atom. The summed E-state index contributed by atoms with van der Waals surface area (Å²) in [4.78, 5) is 12.9. The topological polar surface area (TPSA) is 40.3 Å². The lowest BCUT2D eigenvalue weighted by Crippen LogP contribution is -2.45. The molecule has 1 aliphatic carbocycles. The monoisotopic (exact) mass is 292 g/mol. The first-order chi connectivity index (χ1) is 10.6. The summed E-state index contributed by atoms with van der Waals surface area (Å²) in [6.45, 7) is 4.02. The van der Waals surface area contributed by atoms with E-state index >= 15 is 0 Å². The van der Waals surface area contributed by atoms with Gasteiger partial charge in [-0.05, 0) is 37.6 Å². The third kappa shape index (κ3) is 1.44. The number of carbonyl (C=O) groups is 1. The SMILES string of the molecule is CC(C)[N+]1=C(c2ccccc2)[C@@H]2C(=O)[C@@]1(O)c1ccccc12. The average Bonchev–Trinajstić information content (AvgIpc) is 2.90. The lowest BCUT2D eigenvalue weighted by molar-refractivity contribution is -0.667. The van der Waals surface area contributed by atoms with Crippen LogP contribution in [0.25, 0.3) is 0 Å². The van der Waals surface area contributed by atoms with Crippen LogP contribution in [-0.4, -0.2) is 27.2 Å². The van der Waals surface area contributed by atoms with Crippen molar-refractivity contribution in [2.75, 3.05) is 0 Å². The summed E-state index contributed by atoms with van der Waals surface area (Å²) in [5.41, 5.74) is 2.06. The third-order valence-electron chi connectivity index (χ3n) is 4.72. The van der Waals surface area contributed by atoms with Crippen molar-refractivity contribution in [2.24, 2.45) is 0 Å². The molecule has 0 saturated carbocycles. The molecule has 0 fully saturated rings. The number of Topliss-reactive ketones (excluding diaryl/α,β-unsaturated/α-hetero) is 1. The van der Waals surface area contributed by atoms with Crippen LogP contribution in [0.5, 0.6) is 0 Å². The second-order valence-corrected chi connectivity index (χ2v) is 6.27. The number of aliphatic hydroxyl groups is 1. The summed E-state index contributed by atoms with van der Waals surface area (Å²) >= 11 is 0. The van der Waals surface area contributed by atoms with Crippen LogP contribution < -0.4 is 0 Å². The molecule has 110 valence electrons. The Morgan fingerprint density at radius 3 is 2.36 bits per heavy atom. The molecule has 0 aromatic heterocycles. The minimum Gasteiger partial charge on any atom is -0.325 e. The van der Waals surface area contributed by atoms with Gasteiger partial charge in [0.05, 0.1) is 5.56 Å². The van der Waals surface area contributed by atoms with Gasteiger partial charge in [0.25, 0.3) is 5.78 Å². The first-order valence-corrected chi connectivity index (χ1v) is 7.64. The number of ketones is 1. The molecule has 1 aliphatic heterocycles. The molecular weight excluding hydrogens is 274 g/mol. The molecule has 0 amide bonds. The van der Waals surface area contributed by atoms with Gasteiger partial charge in [-0.2, -0.15) is 4.58 Å². The Balaban J connectivity index is 2.05. The minimum absolute atomic E-state index is 0.0301. The second kappa shape index (κ2) is 4.37. The molecule has 2 aromatic carbocycles. The van der Waals surface area contributed by atoms with Crippen LogP contribution in [0.1, 0.15) is 36.5 Å². The Morgan fingerprint density at radius 1 is 1.05 bits per heavy atom. The zero-order chi connectivity index (χ0) is 15.5. The number of carbonyl (C=O) groups excluding carboxylic acids is 1. The highest BCUT2D eigenvalue weighted by Crippen LogP contribution is 2.49. The van der Waals surface area contributed by atoms with Crippen molar-refractivity contribution in [3.8, 4) is 0 Å². The van der Waals surface area contributed by atoms with Gasteiger partial charge in [-0.1, -0.05) is 36.4 Å². The van der Waals surface area contributed by atoms with Crippen molar-refractivity contribution >= 4 is 11.5 Å². The standard InChI is InChI=1S/C19H18NO2/c1-12(2)20-17(13-8-4-3-5-9-13)16-14-10-6-7-11-15(14)19(20,22)18(16)21/h3-12,16,22H,1-2H3/q+1/t16-,19+/m1/s1. The fourth-order valence-corrected chi connectivity index (χ4v) is 3.94. The zero-order valence-corrected chi connectivity index (χ0v) is 12.7. The number of fused-ring (bicyclic) bond motifs is 5. The van der Waals surface area contributed by atoms with E-state index in [0.29, 0.717) is 0 Å². The van der Waals surface area contributed by atoms with Gasteiger partial charge in [0.15, 0.2) is 6.04 Å². The number of rotatable bonds is 2. The normalized spacial score (nSPS) is 26.0. The van der Waals surface area contributed by atoms with Crippen molar-refractivity contribution in [3.05, 3.63) is 71.3 Å². The highest BCUT2D eigenvalue weighted by atomic mass is 16.3. The number of hydrogen-bond donors (Lipinski definition) is 1. The van der Waals surface area contributed by atoms with Crippen molar-refractivity contribution in [3.63, 3.8) is 0 Å². The lowest BCUT2D eigenvalue weighted by Gasteiger charge is -2.24. The molecular formula is C19H18NO2+. The molecule has 3 heteroatoms. The molecule has 0 saturated heterocycles. The Bertz CT molecular complexity index is 807. The summed E-state index contributed by atoms with van der Waals surface area (Å²) in [6.07, 6.45) is 0. The Kier molecular flexibility index (Phi) is 2.66. The Labute approximate surface area is 129 Å². The fourth-order valence-electron chi connectivity index (χ4n) is 3.94. The van der Waals surface area contributed by atoms with E-state index in [4.69, 9.17) is 0 Å². The van der Waals surface area contributed by atoms with E-state index in [1.54, 1.807) is 0 Å². The van der Waals surface area contributed by atoms with Gasteiger partial charge in [0.2, 0.25) is 5.71 Å². The van der Waals surface area contributed by atoms with Gasteiger partial charge in [-0.15, -0.1) is 0 Å². The maximum absolute atomic E-state index is 12.9. The predicted octanol–water partition coefficient (Wildman–Crippen LogP) is 2.42. The molecule has 1 heterocycles. The highest BCUT2D eigenvalue weighted by Gasteiger charge is 2.69. The molecule has 2 aromatic rings. The summed E-state index contributed by atoms with van der Waals surface area (Å²) < 4.78 is 1.89. The third-order valence-corrected chi connectivity index (χ3v) is 4.72. The molecule has 0 radical (unpaired) electrons. The molecule has 0 unspecified atom stereocenters. The minimum atomic E-state index is -1.53. The van der Waals surface area contributed by atoms with Crippen molar-refractivity contribution in [1.29, 1.82) is 0 Å². The van der Waals surface area contributed by atoms with Crippen LogP contribution in [-0.2, 0) is 10.5 Å². The van der Waals surface area contributed by atoms with Gasteiger partial charge < -0.3 is 5.11 Å². The second-order valence-electron chi connectivity index (χ2n) is 6.27. The molecule has 2 bridgehead atoms. The van der Waals surface area contributed by atoms with Crippen LogP contribution in [0.3, 0.4) is 0 Å². The van der Waals surface area contributed by atoms with E-state index in [2.05, 4.69) is 0 Å². The van der Waals surface area contributed by atoms with E-state index in [0.717, 1.165) is 22.4 Å². The fraction of sp³-hybridized carbons (Fsp3) is 0.263. The number of hydrogen-bond acceptors (Lipinski definition) is 2. The molecule has 2 atom stereocenters. The quantitative estimate of drug-likeness (QED) is 0.864. The van der Waals surface area contributed by atoms with Crippen molar-refractivity contribution in [2.45, 2.75) is 31.5 Å². The maximum atomic E-state index is 12.9. The summed E-state index contributed by atoms with van der Waals surface area (Å²) in [5, 5.41) is 11.3. The van der Waals surface area contributed by atoms with Crippen LogP contribution in [0, 0.1) is 0 Å². The first kappa shape index (κ1) is 13.4. The Hall–Kier alpha value is -2.26. The van der Waals surface area contributed by atoms with E-state index in [9.17, 15) is 9.90 Å². The van der Waals surface area contributed by atoms with E-state index in [1.165, 1.54) is 0 Å². The number of nitrogens with zero attached hydrogens (tertiary/aromatic N) is 1. The van der Waals surface area contributed by atoms with Crippen molar-refractivity contribution in [1.82, 2.24) is 0 Å². The van der Waals surface area contributed by atoms with Gasteiger partial charge in [-0.3, -0.25) is 4.79 Å². The summed E-state index contributed by atoms with van der Waals surface area (Å²) in [5.74, 6) is -0.493. The average molecular weight is 292 g/mol. The number of benzene rings is 2. The predicted molar refractivity (Wildman–Crippen MR) is 84.0 cm³/mol. The van der Waals surface area contributed by atoms with Crippen LogP contribution >= 0.6 is 0 Å². The lowest BCUT2D eigenvalue weighted by atomic mass is 9.90. The molecule has 1 N–H and O–H groups in total. The smallest absolute Gasteiger partial charge is 0.325 e. The van der Waals surface area contributed by atoms with Gasteiger partial charge >= 0.3 is 5.72 Å². The largest absolute Gasteiger partial charge is 0.354 e. The molecule has 0 spiro atoms. The molecule has 4 rings (SSSR count). The first-order valence-electron chi connectivity index (χ1n) is 7.64. The van der Waals surface area contributed by atoms with Crippen molar-refractivity contribution < 1.29 is 14.5 Å². The van der Waals surface area contributed by atoms with Gasteiger partial charge in [-0.25, -0.2) is 0 Å². The molecule has 3 nitrogen and oxygen atoms in total. The van der Waals surface area contributed by atoms with Crippen LogP contribution in [0.15, 0.2) is 54.6 Å².